The number of rotatable bonds is 6. The van der Waals surface area contributed by atoms with E-state index in [9.17, 15) is 4.79 Å². The Morgan fingerprint density at radius 1 is 1.40 bits per heavy atom. The molecule has 1 aromatic carbocycles. The van der Waals surface area contributed by atoms with Gasteiger partial charge in [-0.05, 0) is 25.1 Å². The summed E-state index contributed by atoms with van der Waals surface area (Å²) in [4.78, 5) is 12.1. The topological polar surface area (TPSA) is 56.8 Å². The third kappa shape index (κ3) is 3.22. The van der Waals surface area contributed by atoms with Crippen molar-refractivity contribution in [1.29, 1.82) is 0 Å². The molecule has 110 valence electrons. The van der Waals surface area contributed by atoms with E-state index in [2.05, 4.69) is 12.2 Å². The van der Waals surface area contributed by atoms with Crippen molar-refractivity contribution in [3.05, 3.63) is 23.8 Å². The second-order valence-electron chi connectivity index (χ2n) is 5.28. The molecule has 1 aliphatic rings. The summed E-state index contributed by atoms with van der Waals surface area (Å²) in [5.74, 6) is 1.10. The SMILES string of the molecule is CCOc1ccc(C(=O)NCC2(C)COC2)cc1OC. The predicted molar refractivity (Wildman–Crippen MR) is 75.4 cm³/mol. The molecule has 1 aliphatic heterocycles. The molecule has 0 bridgehead atoms. The Morgan fingerprint density at radius 3 is 2.70 bits per heavy atom. The first-order valence-corrected chi connectivity index (χ1v) is 6.75. The van der Waals surface area contributed by atoms with Crippen LogP contribution < -0.4 is 14.8 Å². The minimum absolute atomic E-state index is 0.0605. The summed E-state index contributed by atoms with van der Waals surface area (Å²) >= 11 is 0. The van der Waals surface area contributed by atoms with Crippen molar-refractivity contribution in [2.45, 2.75) is 13.8 Å². The lowest BCUT2D eigenvalue weighted by atomic mass is 9.88. The van der Waals surface area contributed by atoms with Gasteiger partial charge in [0.05, 0.1) is 26.9 Å². The van der Waals surface area contributed by atoms with E-state index in [1.54, 1.807) is 25.3 Å². The molecule has 0 atom stereocenters. The van der Waals surface area contributed by atoms with Gasteiger partial charge in [0, 0.05) is 17.5 Å². The van der Waals surface area contributed by atoms with Gasteiger partial charge in [-0.2, -0.15) is 0 Å². The molecule has 1 aromatic rings. The Kier molecular flexibility index (Phi) is 4.49. The van der Waals surface area contributed by atoms with E-state index < -0.39 is 0 Å². The van der Waals surface area contributed by atoms with Gasteiger partial charge in [-0.3, -0.25) is 4.79 Å². The monoisotopic (exact) mass is 279 g/mol. The highest BCUT2D eigenvalue weighted by Crippen LogP contribution is 2.28. The lowest BCUT2D eigenvalue weighted by Gasteiger charge is -2.38. The number of amides is 1. The largest absolute Gasteiger partial charge is 0.493 e. The van der Waals surface area contributed by atoms with Crippen LogP contribution in [0.1, 0.15) is 24.2 Å². The molecule has 1 heterocycles. The molecule has 0 aliphatic carbocycles. The molecule has 0 saturated carbocycles. The van der Waals surface area contributed by atoms with E-state index in [0.717, 1.165) is 0 Å². The molecule has 1 saturated heterocycles. The van der Waals surface area contributed by atoms with Crippen molar-refractivity contribution in [3.8, 4) is 11.5 Å². The maximum atomic E-state index is 12.1. The summed E-state index contributed by atoms with van der Waals surface area (Å²) in [6.07, 6.45) is 0. The minimum Gasteiger partial charge on any atom is -0.493 e. The zero-order valence-corrected chi connectivity index (χ0v) is 12.2. The molecule has 1 N–H and O–H groups in total. The van der Waals surface area contributed by atoms with Crippen LogP contribution in [-0.4, -0.2) is 39.4 Å². The normalized spacial score (nSPS) is 16.1. The second-order valence-corrected chi connectivity index (χ2v) is 5.28. The molecule has 1 fully saturated rings. The van der Waals surface area contributed by atoms with Gasteiger partial charge < -0.3 is 19.5 Å². The van der Waals surface area contributed by atoms with Crippen molar-refractivity contribution in [2.75, 3.05) is 33.5 Å². The van der Waals surface area contributed by atoms with Crippen molar-refractivity contribution >= 4 is 5.91 Å². The summed E-state index contributed by atoms with van der Waals surface area (Å²) in [6.45, 7) is 6.55. The fraction of sp³-hybridized carbons (Fsp3) is 0.533. The molecular formula is C15H21NO4. The fourth-order valence-corrected chi connectivity index (χ4v) is 2.03. The van der Waals surface area contributed by atoms with Crippen LogP contribution in [0.25, 0.3) is 0 Å². The van der Waals surface area contributed by atoms with E-state index in [1.807, 2.05) is 6.92 Å². The Balaban J connectivity index is 2.02. The van der Waals surface area contributed by atoms with Gasteiger partial charge in [0.2, 0.25) is 0 Å². The number of nitrogens with one attached hydrogen (secondary N) is 1. The summed E-state index contributed by atoms with van der Waals surface area (Å²) in [5.41, 5.74) is 0.625. The molecule has 5 nitrogen and oxygen atoms in total. The average Bonchev–Trinajstić information content (AvgIpc) is 2.43. The molecule has 5 heteroatoms. The van der Waals surface area contributed by atoms with Gasteiger partial charge in [0.1, 0.15) is 0 Å². The van der Waals surface area contributed by atoms with Crippen LogP contribution in [0.15, 0.2) is 18.2 Å². The van der Waals surface area contributed by atoms with E-state index in [0.29, 0.717) is 43.4 Å². The van der Waals surface area contributed by atoms with Gasteiger partial charge in [-0.1, -0.05) is 6.92 Å². The molecule has 0 radical (unpaired) electrons. The first kappa shape index (κ1) is 14.7. The highest BCUT2D eigenvalue weighted by atomic mass is 16.5. The highest BCUT2D eigenvalue weighted by Gasteiger charge is 2.33. The molecule has 1 amide bonds. The standard InChI is InChI=1S/C15H21NO4/c1-4-20-12-6-5-11(7-13(12)18-3)14(17)16-8-15(2)9-19-10-15/h5-7H,4,8-10H2,1-3H3,(H,16,17). The van der Waals surface area contributed by atoms with Crippen molar-refractivity contribution in [2.24, 2.45) is 5.41 Å². The van der Waals surface area contributed by atoms with Gasteiger partial charge in [0.25, 0.3) is 5.91 Å². The summed E-state index contributed by atoms with van der Waals surface area (Å²) in [7, 11) is 1.56. The Morgan fingerprint density at radius 2 is 2.15 bits per heavy atom. The smallest absolute Gasteiger partial charge is 0.251 e. The number of hydrogen-bond donors (Lipinski definition) is 1. The molecule has 20 heavy (non-hydrogen) atoms. The summed E-state index contributed by atoms with van der Waals surface area (Å²) in [5, 5.41) is 2.93. The van der Waals surface area contributed by atoms with Crippen LogP contribution in [0.3, 0.4) is 0 Å². The number of carbonyl (C=O) groups is 1. The van der Waals surface area contributed by atoms with E-state index in [1.165, 1.54) is 0 Å². The van der Waals surface area contributed by atoms with Crippen LogP contribution in [0.2, 0.25) is 0 Å². The van der Waals surface area contributed by atoms with Crippen LogP contribution in [0.5, 0.6) is 11.5 Å². The van der Waals surface area contributed by atoms with Gasteiger partial charge in [-0.25, -0.2) is 0 Å². The van der Waals surface area contributed by atoms with Crippen LogP contribution in [-0.2, 0) is 4.74 Å². The third-order valence-electron chi connectivity index (χ3n) is 3.30. The summed E-state index contributed by atoms with van der Waals surface area (Å²) in [6, 6.07) is 5.19. The Hall–Kier alpha value is -1.75. The number of carbonyl (C=O) groups excluding carboxylic acids is 1. The molecular weight excluding hydrogens is 258 g/mol. The Labute approximate surface area is 119 Å². The van der Waals surface area contributed by atoms with Crippen molar-refractivity contribution in [3.63, 3.8) is 0 Å². The van der Waals surface area contributed by atoms with E-state index in [4.69, 9.17) is 14.2 Å². The minimum atomic E-state index is -0.112. The fourth-order valence-electron chi connectivity index (χ4n) is 2.03. The average molecular weight is 279 g/mol. The van der Waals surface area contributed by atoms with Gasteiger partial charge >= 0.3 is 0 Å². The van der Waals surface area contributed by atoms with Gasteiger partial charge in [-0.15, -0.1) is 0 Å². The number of methoxy groups -OCH3 is 1. The van der Waals surface area contributed by atoms with Crippen molar-refractivity contribution < 1.29 is 19.0 Å². The number of hydrogen-bond acceptors (Lipinski definition) is 4. The van der Waals surface area contributed by atoms with Crippen LogP contribution >= 0.6 is 0 Å². The van der Waals surface area contributed by atoms with E-state index >= 15 is 0 Å². The first-order chi connectivity index (χ1) is 9.58. The molecule has 0 unspecified atom stereocenters. The zero-order chi connectivity index (χ0) is 14.6. The predicted octanol–water partition coefficient (Wildman–Crippen LogP) is 1.86. The maximum Gasteiger partial charge on any atom is 0.251 e. The van der Waals surface area contributed by atoms with Crippen LogP contribution in [0.4, 0.5) is 0 Å². The number of ether oxygens (including phenoxy) is 3. The lowest BCUT2D eigenvalue weighted by Crippen LogP contribution is -2.48. The Bertz CT molecular complexity index is 483. The quantitative estimate of drug-likeness (QED) is 0.863. The zero-order valence-electron chi connectivity index (χ0n) is 12.2. The van der Waals surface area contributed by atoms with E-state index in [-0.39, 0.29) is 11.3 Å². The summed E-state index contributed by atoms with van der Waals surface area (Å²) < 4.78 is 15.8. The maximum absolute atomic E-state index is 12.1. The second kappa shape index (κ2) is 6.13. The van der Waals surface area contributed by atoms with Crippen molar-refractivity contribution in [1.82, 2.24) is 5.32 Å². The first-order valence-electron chi connectivity index (χ1n) is 6.75. The highest BCUT2D eigenvalue weighted by molar-refractivity contribution is 5.94. The molecule has 0 spiro atoms. The van der Waals surface area contributed by atoms with Crippen LogP contribution in [0, 0.1) is 5.41 Å². The number of benzene rings is 1. The van der Waals surface area contributed by atoms with Gasteiger partial charge in [0.15, 0.2) is 11.5 Å². The third-order valence-corrected chi connectivity index (χ3v) is 3.30. The molecule has 2 rings (SSSR count). The lowest BCUT2D eigenvalue weighted by molar-refractivity contribution is -0.0978. The molecule has 0 aromatic heterocycles.